The van der Waals surface area contributed by atoms with E-state index >= 15 is 0 Å². The van der Waals surface area contributed by atoms with Crippen molar-refractivity contribution in [2.45, 2.75) is 26.7 Å². The second-order valence-electron chi connectivity index (χ2n) is 5.11. The number of piperazine rings is 1. The fraction of sp³-hybridized carbons (Fsp3) is 0.667. The van der Waals surface area contributed by atoms with Crippen LogP contribution in [-0.2, 0) is 0 Å². The van der Waals surface area contributed by atoms with Gasteiger partial charge in [0.1, 0.15) is 5.75 Å². The Hall–Kier alpha value is -1.29. The van der Waals surface area contributed by atoms with Gasteiger partial charge in [-0.25, -0.2) is 0 Å². The molecule has 0 aromatic carbocycles. The lowest BCUT2D eigenvalue weighted by molar-refractivity contribution is 0.240. The third-order valence-corrected chi connectivity index (χ3v) is 3.82. The highest BCUT2D eigenvalue weighted by Crippen LogP contribution is 2.21. The van der Waals surface area contributed by atoms with Crippen LogP contribution in [0.4, 0.5) is 5.69 Å². The second-order valence-corrected chi connectivity index (χ2v) is 5.11. The van der Waals surface area contributed by atoms with Crippen molar-refractivity contribution in [1.82, 2.24) is 10.3 Å². The largest absolute Gasteiger partial charge is 0.492 e. The summed E-state index contributed by atoms with van der Waals surface area (Å²) in [7, 11) is 0. The molecule has 0 spiro atoms. The fourth-order valence-electron chi connectivity index (χ4n) is 2.32. The SMILES string of the molecule is CCC(CC)COc1cncc(N2CCNCC2)c1. The molecule has 2 rings (SSSR count). The van der Waals surface area contributed by atoms with E-state index in [9.17, 15) is 0 Å². The van der Waals surface area contributed by atoms with Crippen LogP contribution in [0.25, 0.3) is 0 Å². The van der Waals surface area contributed by atoms with Crippen molar-refractivity contribution in [3.05, 3.63) is 18.5 Å². The molecule has 1 aliphatic heterocycles. The Morgan fingerprint density at radius 3 is 2.68 bits per heavy atom. The van der Waals surface area contributed by atoms with Crippen molar-refractivity contribution in [2.75, 3.05) is 37.7 Å². The first-order valence-corrected chi connectivity index (χ1v) is 7.37. The summed E-state index contributed by atoms with van der Waals surface area (Å²) in [5, 5.41) is 3.36. The molecule has 0 amide bonds. The van der Waals surface area contributed by atoms with Crippen LogP contribution < -0.4 is 15.0 Å². The molecule has 106 valence electrons. The predicted molar refractivity (Wildman–Crippen MR) is 78.9 cm³/mol. The zero-order valence-corrected chi connectivity index (χ0v) is 12.1. The Bertz CT molecular complexity index is 373. The Balaban J connectivity index is 1.94. The van der Waals surface area contributed by atoms with Gasteiger partial charge in [0.05, 0.1) is 24.7 Å². The molecule has 0 atom stereocenters. The van der Waals surface area contributed by atoms with Crippen LogP contribution in [-0.4, -0.2) is 37.8 Å². The van der Waals surface area contributed by atoms with Gasteiger partial charge in [-0.05, 0) is 5.92 Å². The summed E-state index contributed by atoms with van der Waals surface area (Å²) in [4.78, 5) is 6.66. The number of nitrogens with zero attached hydrogens (tertiary/aromatic N) is 2. The van der Waals surface area contributed by atoms with Gasteiger partial charge in [-0.1, -0.05) is 26.7 Å². The van der Waals surface area contributed by atoms with E-state index < -0.39 is 0 Å². The van der Waals surface area contributed by atoms with Gasteiger partial charge >= 0.3 is 0 Å². The first-order chi connectivity index (χ1) is 9.33. The molecule has 4 nitrogen and oxygen atoms in total. The highest BCUT2D eigenvalue weighted by molar-refractivity contribution is 5.48. The van der Waals surface area contributed by atoms with Crippen molar-refractivity contribution >= 4 is 5.69 Å². The number of ether oxygens (including phenoxy) is 1. The first kappa shape index (κ1) is 14.1. The molecular formula is C15H25N3O. The molecule has 0 bridgehead atoms. The van der Waals surface area contributed by atoms with Crippen LogP contribution in [0.3, 0.4) is 0 Å². The number of anilines is 1. The van der Waals surface area contributed by atoms with Gasteiger partial charge in [-0.3, -0.25) is 4.98 Å². The van der Waals surface area contributed by atoms with Gasteiger partial charge in [0.25, 0.3) is 0 Å². The van der Waals surface area contributed by atoms with Crippen LogP contribution in [0.15, 0.2) is 18.5 Å². The molecule has 0 unspecified atom stereocenters. The van der Waals surface area contributed by atoms with Crippen molar-refractivity contribution in [3.63, 3.8) is 0 Å². The molecule has 1 fully saturated rings. The number of hydrogen-bond donors (Lipinski definition) is 1. The maximum atomic E-state index is 5.88. The second kappa shape index (κ2) is 7.34. The Labute approximate surface area is 116 Å². The van der Waals surface area contributed by atoms with E-state index in [1.807, 2.05) is 12.4 Å². The van der Waals surface area contributed by atoms with E-state index in [1.165, 1.54) is 18.5 Å². The fourth-order valence-corrected chi connectivity index (χ4v) is 2.32. The molecule has 19 heavy (non-hydrogen) atoms. The highest BCUT2D eigenvalue weighted by atomic mass is 16.5. The minimum atomic E-state index is 0.642. The summed E-state index contributed by atoms with van der Waals surface area (Å²) < 4.78 is 5.88. The summed E-state index contributed by atoms with van der Waals surface area (Å²) in [5.41, 5.74) is 1.17. The minimum Gasteiger partial charge on any atom is -0.492 e. The van der Waals surface area contributed by atoms with E-state index in [-0.39, 0.29) is 0 Å². The van der Waals surface area contributed by atoms with Crippen LogP contribution in [0.5, 0.6) is 5.75 Å². The molecule has 1 saturated heterocycles. The Morgan fingerprint density at radius 1 is 1.26 bits per heavy atom. The maximum Gasteiger partial charge on any atom is 0.139 e. The van der Waals surface area contributed by atoms with Gasteiger partial charge in [0.2, 0.25) is 0 Å². The van der Waals surface area contributed by atoms with Crippen LogP contribution in [0.1, 0.15) is 26.7 Å². The Morgan fingerprint density at radius 2 is 2.00 bits per heavy atom. The molecule has 0 saturated carbocycles. The van der Waals surface area contributed by atoms with Crippen LogP contribution in [0.2, 0.25) is 0 Å². The van der Waals surface area contributed by atoms with E-state index in [0.717, 1.165) is 38.5 Å². The summed E-state index contributed by atoms with van der Waals surface area (Å²) >= 11 is 0. The molecular weight excluding hydrogens is 238 g/mol. The van der Waals surface area contributed by atoms with Crippen molar-refractivity contribution in [3.8, 4) is 5.75 Å². The van der Waals surface area contributed by atoms with Gasteiger partial charge in [-0.15, -0.1) is 0 Å². The molecule has 2 heterocycles. The van der Waals surface area contributed by atoms with Gasteiger partial charge in [0.15, 0.2) is 0 Å². The van der Waals surface area contributed by atoms with E-state index in [4.69, 9.17) is 4.74 Å². The molecule has 1 aliphatic rings. The zero-order valence-electron chi connectivity index (χ0n) is 12.1. The average Bonchev–Trinajstić information content (AvgIpc) is 2.49. The van der Waals surface area contributed by atoms with Gasteiger partial charge in [0, 0.05) is 32.2 Å². The van der Waals surface area contributed by atoms with Gasteiger partial charge < -0.3 is 15.0 Å². The molecule has 0 aliphatic carbocycles. The smallest absolute Gasteiger partial charge is 0.139 e. The molecule has 0 radical (unpaired) electrons. The monoisotopic (exact) mass is 263 g/mol. The lowest BCUT2D eigenvalue weighted by Gasteiger charge is -2.29. The van der Waals surface area contributed by atoms with Gasteiger partial charge in [-0.2, -0.15) is 0 Å². The van der Waals surface area contributed by atoms with Crippen molar-refractivity contribution < 1.29 is 4.74 Å². The maximum absolute atomic E-state index is 5.88. The molecule has 4 heteroatoms. The quantitative estimate of drug-likeness (QED) is 0.854. The summed E-state index contributed by atoms with van der Waals surface area (Å²) in [6.45, 7) is 9.38. The van der Waals surface area contributed by atoms with Crippen LogP contribution in [0, 0.1) is 5.92 Å². The summed E-state index contributed by atoms with van der Waals surface area (Å²) in [6.07, 6.45) is 6.08. The zero-order chi connectivity index (χ0) is 13.5. The normalized spacial score (nSPS) is 15.8. The molecule has 1 aromatic rings. The molecule has 1 N–H and O–H groups in total. The lowest BCUT2D eigenvalue weighted by Crippen LogP contribution is -2.43. The van der Waals surface area contributed by atoms with E-state index in [0.29, 0.717) is 5.92 Å². The molecule has 1 aromatic heterocycles. The predicted octanol–water partition coefficient (Wildman–Crippen LogP) is 2.31. The minimum absolute atomic E-state index is 0.642. The van der Waals surface area contributed by atoms with Crippen LogP contribution >= 0.6 is 0 Å². The topological polar surface area (TPSA) is 37.4 Å². The summed E-state index contributed by atoms with van der Waals surface area (Å²) in [5.74, 6) is 1.53. The first-order valence-electron chi connectivity index (χ1n) is 7.37. The number of rotatable bonds is 6. The average molecular weight is 263 g/mol. The Kier molecular flexibility index (Phi) is 5.45. The highest BCUT2D eigenvalue weighted by Gasteiger charge is 2.12. The van der Waals surface area contributed by atoms with Crippen molar-refractivity contribution in [1.29, 1.82) is 0 Å². The number of hydrogen-bond acceptors (Lipinski definition) is 4. The number of pyridine rings is 1. The van der Waals surface area contributed by atoms with E-state index in [1.54, 1.807) is 0 Å². The summed E-state index contributed by atoms with van der Waals surface area (Å²) in [6, 6.07) is 2.11. The van der Waals surface area contributed by atoms with Crippen molar-refractivity contribution in [2.24, 2.45) is 5.92 Å². The standard InChI is InChI=1S/C15H25N3O/c1-3-13(4-2)12-19-15-9-14(10-17-11-15)18-7-5-16-6-8-18/h9-11,13,16H,3-8,12H2,1-2H3. The third-order valence-electron chi connectivity index (χ3n) is 3.82. The number of nitrogens with one attached hydrogen (secondary N) is 1. The lowest BCUT2D eigenvalue weighted by atomic mass is 10.1. The number of aromatic nitrogens is 1. The van der Waals surface area contributed by atoms with E-state index in [2.05, 4.69) is 35.1 Å². The third kappa shape index (κ3) is 4.10.